The smallest absolute Gasteiger partial charge is 0.273 e. The number of halogens is 1. The highest BCUT2D eigenvalue weighted by atomic mass is 19.1. The molecule has 3 heterocycles. The van der Waals surface area contributed by atoms with Gasteiger partial charge in [-0.3, -0.25) is 18.9 Å². The van der Waals surface area contributed by atoms with Crippen LogP contribution in [-0.4, -0.2) is 71.5 Å². The molecular formula is C36H43FN7O3+. The number of anilines is 3. The number of aromatic nitrogens is 2. The van der Waals surface area contributed by atoms with Gasteiger partial charge in [0.15, 0.2) is 23.8 Å². The molecule has 0 bridgehead atoms. The van der Waals surface area contributed by atoms with Crippen molar-refractivity contribution in [3.05, 3.63) is 93.8 Å². The zero-order chi connectivity index (χ0) is 34.0. The molecule has 1 aliphatic carbocycles. The standard InChI is InChI=1S/C36H42FN7O3/c1-8-21(2)15-25(10-9-22(3)36(47)43(6)19-26-13-14-44(7)20-31(26)44)28-16-27(37)17-29(23(28)4)39-30-18-32(40-34(45)24-11-12-24)41-42-33(30)35(46)38-5/h9-10,13-18,24H,8,11-12,19-20H2,1-7H3,(H2-,38,39,40,41,45,46)/p+1/b21-15+,22-9+,25-10+. The largest absolute Gasteiger partial charge is 0.354 e. The fourth-order valence-electron chi connectivity index (χ4n) is 5.50. The number of carbonyl (C=O) groups is 3. The number of nitrogens with one attached hydrogen (secondary N) is 3. The van der Waals surface area contributed by atoms with E-state index in [-0.39, 0.29) is 34.9 Å². The zero-order valence-electron chi connectivity index (χ0n) is 28.1. The SMILES string of the molecule is CC/C(C)=C/C(=C\C=C(/C)C(=O)N(C)CC1=C2C[N+]2(C)C=C1)c1cc(F)cc(Nc2cc(NC(=O)C3CC3)nnc2C(=O)NC)c1C. The maximum atomic E-state index is 15.3. The van der Waals surface area contributed by atoms with Gasteiger partial charge in [0.2, 0.25) is 11.8 Å². The van der Waals surface area contributed by atoms with Gasteiger partial charge >= 0.3 is 0 Å². The third kappa shape index (κ3) is 7.57. The van der Waals surface area contributed by atoms with Crippen molar-refractivity contribution >= 4 is 40.5 Å². The Morgan fingerprint density at radius 2 is 1.85 bits per heavy atom. The molecule has 47 heavy (non-hydrogen) atoms. The summed E-state index contributed by atoms with van der Waals surface area (Å²) in [4.78, 5) is 40.1. The molecule has 3 aliphatic rings. The van der Waals surface area contributed by atoms with Crippen LogP contribution in [0, 0.1) is 18.7 Å². The molecule has 1 aromatic heterocycles. The molecule has 2 aromatic rings. The van der Waals surface area contributed by atoms with Gasteiger partial charge in [0.25, 0.3) is 5.91 Å². The number of fused-ring (bicyclic) bond motifs is 1. The summed E-state index contributed by atoms with van der Waals surface area (Å²) < 4.78 is 16.2. The van der Waals surface area contributed by atoms with Crippen molar-refractivity contribution in [3.63, 3.8) is 0 Å². The van der Waals surface area contributed by atoms with Gasteiger partial charge in [-0.05, 0) is 68.9 Å². The molecule has 0 spiro atoms. The first-order valence-electron chi connectivity index (χ1n) is 15.9. The minimum absolute atomic E-state index is 0.00396. The number of allylic oxidation sites excluding steroid dienone is 5. The van der Waals surface area contributed by atoms with Crippen LogP contribution in [0.15, 0.2) is 71.1 Å². The van der Waals surface area contributed by atoms with E-state index in [1.165, 1.54) is 36.5 Å². The molecule has 2 fully saturated rings. The van der Waals surface area contributed by atoms with Gasteiger partial charge in [0.1, 0.15) is 12.0 Å². The predicted molar refractivity (Wildman–Crippen MR) is 182 cm³/mol. The second-order valence-corrected chi connectivity index (χ2v) is 12.8. The molecule has 10 nitrogen and oxygen atoms in total. The fraction of sp³-hybridized carbons (Fsp3) is 0.361. The summed E-state index contributed by atoms with van der Waals surface area (Å²) in [7, 11) is 5.43. The molecule has 3 N–H and O–H groups in total. The van der Waals surface area contributed by atoms with Gasteiger partial charge < -0.3 is 20.9 Å². The third-order valence-corrected chi connectivity index (χ3v) is 8.92. The molecule has 1 saturated heterocycles. The van der Waals surface area contributed by atoms with E-state index < -0.39 is 11.7 Å². The Hall–Kier alpha value is -4.90. The molecule has 5 rings (SSSR count). The molecule has 246 valence electrons. The van der Waals surface area contributed by atoms with E-state index in [4.69, 9.17) is 0 Å². The number of hydrogen-bond acceptors (Lipinski definition) is 6. The number of amides is 3. The number of carbonyl (C=O) groups excluding carboxylic acids is 3. The molecule has 1 saturated carbocycles. The number of benzene rings is 1. The van der Waals surface area contributed by atoms with Gasteiger partial charge in [-0.25, -0.2) is 4.39 Å². The highest BCUT2D eigenvalue weighted by Crippen LogP contribution is 2.41. The van der Waals surface area contributed by atoms with Crippen LogP contribution in [0.3, 0.4) is 0 Å². The van der Waals surface area contributed by atoms with Gasteiger partial charge in [-0.1, -0.05) is 30.7 Å². The van der Waals surface area contributed by atoms with Gasteiger partial charge in [-0.15, -0.1) is 10.2 Å². The Labute approximate surface area is 275 Å². The van der Waals surface area contributed by atoms with Gasteiger partial charge in [-0.2, -0.15) is 0 Å². The summed E-state index contributed by atoms with van der Waals surface area (Å²) in [6.07, 6.45) is 12.3. The minimum atomic E-state index is -0.492. The van der Waals surface area contributed by atoms with Gasteiger partial charge in [0.05, 0.1) is 19.3 Å². The lowest BCUT2D eigenvalue weighted by Crippen LogP contribution is -2.29. The average molecular weight is 641 g/mol. The van der Waals surface area contributed by atoms with Crippen LogP contribution in [0.5, 0.6) is 0 Å². The van der Waals surface area contributed by atoms with Crippen molar-refractivity contribution in [1.29, 1.82) is 0 Å². The Morgan fingerprint density at radius 3 is 2.47 bits per heavy atom. The summed E-state index contributed by atoms with van der Waals surface area (Å²) in [5.74, 6) is -1.08. The Kier molecular flexibility index (Phi) is 9.58. The summed E-state index contributed by atoms with van der Waals surface area (Å²) in [6.45, 7) is 9.23. The monoisotopic (exact) mass is 640 g/mol. The molecule has 1 aromatic carbocycles. The summed E-state index contributed by atoms with van der Waals surface area (Å²) in [5.41, 5.74) is 6.89. The maximum absolute atomic E-state index is 15.3. The van der Waals surface area contributed by atoms with Crippen molar-refractivity contribution < 1.29 is 23.3 Å². The molecule has 1 unspecified atom stereocenters. The number of rotatable bonds is 12. The van der Waals surface area contributed by atoms with Crippen LogP contribution in [0.2, 0.25) is 0 Å². The van der Waals surface area contributed by atoms with Crippen molar-refractivity contribution in [1.82, 2.24) is 20.4 Å². The van der Waals surface area contributed by atoms with E-state index in [1.54, 1.807) is 24.9 Å². The topological polar surface area (TPSA) is 116 Å². The third-order valence-electron chi connectivity index (χ3n) is 8.92. The van der Waals surface area contributed by atoms with Crippen molar-refractivity contribution in [3.8, 4) is 0 Å². The van der Waals surface area contributed by atoms with E-state index >= 15 is 4.39 Å². The van der Waals surface area contributed by atoms with Crippen LogP contribution >= 0.6 is 0 Å². The van der Waals surface area contributed by atoms with E-state index in [0.717, 1.165) is 41.4 Å². The summed E-state index contributed by atoms with van der Waals surface area (Å²) in [5, 5.41) is 16.5. The quantitative estimate of drug-likeness (QED) is 0.118. The van der Waals surface area contributed by atoms with E-state index in [2.05, 4.69) is 45.5 Å². The predicted octanol–water partition coefficient (Wildman–Crippen LogP) is 5.76. The molecule has 0 radical (unpaired) electrons. The number of quaternary nitrogens is 1. The van der Waals surface area contributed by atoms with Crippen LogP contribution in [0.4, 0.5) is 21.6 Å². The first-order valence-corrected chi connectivity index (χ1v) is 15.9. The number of likely N-dealkylation sites (N-methyl/N-ethyl adjacent to an activating group) is 2. The van der Waals surface area contributed by atoms with E-state index in [0.29, 0.717) is 28.9 Å². The molecule has 1 atom stereocenters. The zero-order valence-corrected chi connectivity index (χ0v) is 28.1. The van der Waals surface area contributed by atoms with E-state index in [1.807, 2.05) is 32.9 Å². The Morgan fingerprint density at radius 1 is 1.11 bits per heavy atom. The summed E-state index contributed by atoms with van der Waals surface area (Å²) in [6, 6.07) is 4.33. The molecular weight excluding hydrogens is 597 g/mol. The molecule has 3 amide bonds. The lowest BCUT2D eigenvalue weighted by atomic mass is 9.95. The summed E-state index contributed by atoms with van der Waals surface area (Å²) >= 11 is 0. The minimum Gasteiger partial charge on any atom is -0.354 e. The van der Waals surface area contributed by atoms with E-state index in [9.17, 15) is 14.4 Å². The van der Waals surface area contributed by atoms with Crippen molar-refractivity contribution in [2.75, 3.05) is 44.9 Å². The lowest BCUT2D eigenvalue weighted by Gasteiger charge is -2.18. The Balaban J connectivity index is 1.46. The number of nitrogens with zero attached hydrogens (tertiary/aromatic N) is 4. The highest BCUT2D eigenvalue weighted by molar-refractivity contribution is 6.00. The van der Waals surface area contributed by atoms with Crippen molar-refractivity contribution in [2.45, 2.75) is 47.0 Å². The molecule has 11 heteroatoms. The lowest BCUT2D eigenvalue weighted by molar-refractivity contribution is -0.695. The fourth-order valence-corrected chi connectivity index (χ4v) is 5.50. The van der Waals surface area contributed by atoms with Crippen LogP contribution in [-0.2, 0) is 9.59 Å². The van der Waals surface area contributed by atoms with Gasteiger partial charge in [0, 0.05) is 49.0 Å². The second kappa shape index (κ2) is 13.4. The second-order valence-electron chi connectivity index (χ2n) is 12.8. The highest BCUT2D eigenvalue weighted by Gasteiger charge is 2.50. The van der Waals surface area contributed by atoms with Crippen LogP contribution in [0.1, 0.15) is 61.6 Å². The molecule has 2 aliphatic heterocycles. The number of hydrogen-bond donors (Lipinski definition) is 3. The van der Waals surface area contributed by atoms with Crippen LogP contribution < -0.4 is 16.0 Å². The normalized spacial score (nSPS) is 19.0. The average Bonchev–Trinajstić information content (AvgIpc) is 3.98. The van der Waals surface area contributed by atoms with Crippen molar-refractivity contribution in [2.24, 2.45) is 5.92 Å². The van der Waals surface area contributed by atoms with Crippen LogP contribution in [0.25, 0.3) is 5.57 Å². The Bertz CT molecular complexity index is 1800. The first kappa shape index (κ1) is 33.5. The maximum Gasteiger partial charge on any atom is 0.273 e. The first-order chi connectivity index (χ1) is 22.3.